The Bertz CT molecular complexity index is 220. The zero-order chi connectivity index (χ0) is 13.2. The largest absolute Gasteiger partial charge is 0.300 e. The summed E-state index contributed by atoms with van der Waals surface area (Å²) in [5.41, 5.74) is 0. The standard InChI is InChI=1S/C17H32O/c1-15(2)16-11-9-7-5-3-4-6-8-10-12-17(18)14-13-16/h15-16H,3-14H2,1-2H3. The molecular weight excluding hydrogens is 220 g/mol. The topological polar surface area (TPSA) is 17.1 Å². The van der Waals surface area contributed by atoms with Crippen LogP contribution in [-0.2, 0) is 4.79 Å². The molecule has 0 heterocycles. The van der Waals surface area contributed by atoms with Gasteiger partial charge in [-0.3, -0.25) is 4.79 Å². The Hall–Kier alpha value is -0.330. The molecule has 1 unspecified atom stereocenters. The van der Waals surface area contributed by atoms with Crippen molar-refractivity contribution >= 4 is 5.78 Å². The lowest BCUT2D eigenvalue weighted by Gasteiger charge is -2.20. The van der Waals surface area contributed by atoms with Gasteiger partial charge in [0.25, 0.3) is 0 Å². The van der Waals surface area contributed by atoms with E-state index in [9.17, 15) is 4.79 Å². The van der Waals surface area contributed by atoms with Crippen LogP contribution in [0.4, 0.5) is 0 Å². The van der Waals surface area contributed by atoms with E-state index in [4.69, 9.17) is 0 Å². The van der Waals surface area contributed by atoms with Gasteiger partial charge in [-0.2, -0.15) is 0 Å². The number of hydrogen-bond acceptors (Lipinski definition) is 1. The molecule has 0 saturated heterocycles. The molecule has 18 heavy (non-hydrogen) atoms. The van der Waals surface area contributed by atoms with Gasteiger partial charge in [-0.15, -0.1) is 0 Å². The van der Waals surface area contributed by atoms with Crippen molar-refractivity contribution in [3.05, 3.63) is 0 Å². The zero-order valence-electron chi connectivity index (χ0n) is 12.5. The molecule has 1 rings (SSSR count). The minimum absolute atomic E-state index is 0.512. The van der Waals surface area contributed by atoms with Crippen LogP contribution in [0.3, 0.4) is 0 Å². The number of hydrogen-bond donors (Lipinski definition) is 0. The first-order valence-electron chi connectivity index (χ1n) is 8.22. The van der Waals surface area contributed by atoms with Crippen molar-refractivity contribution in [2.45, 2.75) is 90.9 Å². The highest BCUT2D eigenvalue weighted by molar-refractivity contribution is 5.78. The molecule has 1 saturated carbocycles. The zero-order valence-corrected chi connectivity index (χ0v) is 12.5. The summed E-state index contributed by atoms with van der Waals surface area (Å²) in [4.78, 5) is 11.8. The lowest BCUT2D eigenvalue weighted by Crippen LogP contribution is -2.11. The van der Waals surface area contributed by atoms with E-state index in [0.717, 1.165) is 37.5 Å². The van der Waals surface area contributed by atoms with Crippen molar-refractivity contribution in [3.8, 4) is 0 Å². The van der Waals surface area contributed by atoms with E-state index in [-0.39, 0.29) is 0 Å². The first-order chi connectivity index (χ1) is 8.70. The lowest BCUT2D eigenvalue weighted by molar-refractivity contribution is -0.119. The van der Waals surface area contributed by atoms with Crippen molar-refractivity contribution in [2.24, 2.45) is 11.8 Å². The van der Waals surface area contributed by atoms with Gasteiger partial charge in [0.1, 0.15) is 5.78 Å². The van der Waals surface area contributed by atoms with Gasteiger partial charge in [0.2, 0.25) is 0 Å². The molecule has 0 radical (unpaired) electrons. The normalized spacial score (nSPS) is 25.9. The summed E-state index contributed by atoms with van der Waals surface area (Å²) in [7, 11) is 0. The average Bonchev–Trinajstić information content (AvgIpc) is 2.34. The number of Topliss-reactive ketones (excluding diaryl/α,β-unsaturated/α-hetero) is 1. The molecule has 0 N–H and O–H groups in total. The fourth-order valence-electron chi connectivity index (χ4n) is 3.07. The summed E-state index contributed by atoms with van der Waals surface area (Å²) < 4.78 is 0. The summed E-state index contributed by atoms with van der Waals surface area (Å²) in [5, 5.41) is 0. The maximum atomic E-state index is 11.8. The second-order valence-corrected chi connectivity index (χ2v) is 6.45. The Morgan fingerprint density at radius 3 is 1.94 bits per heavy atom. The van der Waals surface area contributed by atoms with Crippen LogP contribution in [0, 0.1) is 11.8 Å². The highest BCUT2D eigenvalue weighted by Gasteiger charge is 2.15. The van der Waals surface area contributed by atoms with Crippen LogP contribution in [-0.4, -0.2) is 5.78 Å². The van der Waals surface area contributed by atoms with Crippen molar-refractivity contribution < 1.29 is 4.79 Å². The second-order valence-electron chi connectivity index (χ2n) is 6.45. The van der Waals surface area contributed by atoms with E-state index in [2.05, 4.69) is 13.8 Å². The minimum Gasteiger partial charge on any atom is -0.300 e. The lowest BCUT2D eigenvalue weighted by atomic mass is 9.85. The third kappa shape index (κ3) is 7.18. The second kappa shape index (κ2) is 9.58. The van der Waals surface area contributed by atoms with Gasteiger partial charge in [0.15, 0.2) is 0 Å². The third-order valence-corrected chi connectivity index (χ3v) is 4.52. The first kappa shape index (κ1) is 15.7. The maximum absolute atomic E-state index is 11.8. The van der Waals surface area contributed by atoms with E-state index in [1.807, 2.05) is 0 Å². The Labute approximate surface area is 114 Å². The Balaban J connectivity index is 2.37. The van der Waals surface area contributed by atoms with Gasteiger partial charge in [-0.1, -0.05) is 65.2 Å². The summed E-state index contributed by atoms with van der Waals surface area (Å²) in [5.74, 6) is 2.03. The Morgan fingerprint density at radius 2 is 1.33 bits per heavy atom. The molecule has 1 nitrogen and oxygen atoms in total. The minimum atomic E-state index is 0.512. The van der Waals surface area contributed by atoms with Gasteiger partial charge in [0, 0.05) is 12.8 Å². The predicted molar refractivity (Wildman–Crippen MR) is 78.7 cm³/mol. The SMILES string of the molecule is CC(C)C1CCCCCCCCCCC(=O)CC1. The number of carbonyl (C=O) groups is 1. The Kier molecular flexibility index (Phi) is 8.37. The fourth-order valence-corrected chi connectivity index (χ4v) is 3.07. The molecule has 1 heteroatoms. The molecule has 0 amide bonds. The third-order valence-electron chi connectivity index (χ3n) is 4.52. The van der Waals surface area contributed by atoms with Crippen LogP contribution in [0.25, 0.3) is 0 Å². The number of ketones is 1. The smallest absolute Gasteiger partial charge is 0.132 e. The molecule has 0 aromatic rings. The molecule has 1 fully saturated rings. The molecule has 0 aromatic carbocycles. The summed E-state index contributed by atoms with van der Waals surface area (Å²) in [6.45, 7) is 4.64. The monoisotopic (exact) mass is 252 g/mol. The molecule has 0 bridgehead atoms. The van der Waals surface area contributed by atoms with Crippen LogP contribution in [0.2, 0.25) is 0 Å². The molecule has 106 valence electrons. The van der Waals surface area contributed by atoms with Crippen molar-refractivity contribution in [1.29, 1.82) is 0 Å². The molecule has 0 aromatic heterocycles. The van der Waals surface area contributed by atoms with Crippen molar-refractivity contribution in [3.63, 3.8) is 0 Å². The summed E-state index contributed by atoms with van der Waals surface area (Å²) in [6.07, 6.45) is 14.8. The molecule has 1 aliphatic carbocycles. The van der Waals surface area contributed by atoms with E-state index in [1.165, 1.54) is 51.4 Å². The van der Waals surface area contributed by atoms with E-state index in [1.54, 1.807) is 0 Å². The van der Waals surface area contributed by atoms with Crippen molar-refractivity contribution in [2.75, 3.05) is 0 Å². The highest BCUT2D eigenvalue weighted by Crippen LogP contribution is 2.25. The average molecular weight is 252 g/mol. The Morgan fingerprint density at radius 1 is 0.778 bits per heavy atom. The quantitative estimate of drug-likeness (QED) is 0.600. The van der Waals surface area contributed by atoms with Crippen LogP contribution in [0.1, 0.15) is 90.9 Å². The highest BCUT2D eigenvalue weighted by atomic mass is 16.1. The molecule has 0 spiro atoms. The molecule has 1 atom stereocenters. The molecule has 1 aliphatic rings. The van der Waals surface area contributed by atoms with Gasteiger partial charge in [-0.25, -0.2) is 0 Å². The van der Waals surface area contributed by atoms with E-state index < -0.39 is 0 Å². The van der Waals surface area contributed by atoms with Gasteiger partial charge >= 0.3 is 0 Å². The molecule has 0 aliphatic heterocycles. The number of carbonyl (C=O) groups excluding carboxylic acids is 1. The fraction of sp³-hybridized carbons (Fsp3) is 0.941. The molecular formula is C17H32O. The van der Waals surface area contributed by atoms with E-state index >= 15 is 0 Å². The van der Waals surface area contributed by atoms with Crippen molar-refractivity contribution in [1.82, 2.24) is 0 Å². The van der Waals surface area contributed by atoms with Crippen LogP contribution < -0.4 is 0 Å². The maximum Gasteiger partial charge on any atom is 0.132 e. The predicted octanol–water partition coefficient (Wildman–Crippen LogP) is 5.52. The van der Waals surface area contributed by atoms with Crippen LogP contribution >= 0.6 is 0 Å². The van der Waals surface area contributed by atoms with Gasteiger partial charge < -0.3 is 0 Å². The summed E-state index contributed by atoms with van der Waals surface area (Å²) >= 11 is 0. The van der Waals surface area contributed by atoms with Crippen LogP contribution in [0.15, 0.2) is 0 Å². The van der Waals surface area contributed by atoms with Gasteiger partial charge in [0.05, 0.1) is 0 Å². The van der Waals surface area contributed by atoms with Gasteiger partial charge in [-0.05, 0) is 24.7 Å². The van der Waals surface area contributed by atoms with Crippen LogP contribution in [0.5, 0.6) is 0 Å². The number of rotatable bonds is 1. The first-order valence-corrected chi connectivity index (χ1v) is 8.22. The summed E-state index contributed by atoms with van der Waals surface area (Å²) in [6, 6.07) is 0. The van der Waals surface area contributed by atoms with E-state index in [0.29, 0.717) is 5.78 Å².